The van der Waals surface area contributed by atoms with Crippen LogP contribution in [0.5, 0.6) is 0 Å². The molecule has 0 saturated heterocycles. The summed E-state index contributed by atoms with van der Waals surface area (Å²) in [5, 5.41) is 13.6. The van der Waals surface area contributed by atoms with Crippen molar-refractivity contribution < 1.29 is 19.5 Å². The Morgan fingerprint density at radius 3 is 2.28 bits per heavy atom. The van der Waals surface area contributed by atoms with Gasteiger partial charge in [-0.15, -0.1) is 0 Å². The number of hydrogen-bond acceptors (Lipinski definition) is 4. The average Bonchev–Trinajstić information content (AvgIpc) is 2.25. The molecular formula is C11H21N3O4. The summed E-state index contributed by atoms with van der Waals surface area (Å²) in [6, 6.07) is -0.566. The molecule has 18 heavy (non-hydrogen) atoms. The van der Waals surface area contributed by atoms with Crippen molar-refractivity contribution in [1.82, 2.24) is 15.5 Å². The molecule has 0 bridgehead atoms. The molecule has 7 nitrogen and oxygen atoms in total. The highest BCUT2D eigenvalue weighted by atomic mass is 16.4. The topological polar surface area (TPSA) is 98.7 Å². The zero-order chi connectivity index (χ0) is 14.3. The zero-order valence-electron chi connectivity index (χ0n) is 11.2. The summed E-state index contributed by atoms with van der Waals surface area (Å²) in [7, 11) is 1.51. The minimum Gasteiger partial charge on any atom is -0.480 e. The van der Waals surface area contributed by atoms with Crippen LogP contribution >= 0.6 is 0 Å². The third-order valence-corrected chi connectivity index (χ3v) is 2.65. The Bertz CT molecular complexity index is 328. The van der Waals surface area contributed by atoms with Gasteiger partial charge in [0.2, 0.25) is 5.91 Å². The van der Waals surface area contributed by atoms with Crippen molar-refractivity contribution in [1.29, 1.82) is 0 Å². The monoisotopic (exact) mass is 259 g/mol. The van der Waals surface area contributed by atoms with E-state index in [9.17, 15) is 14.4 Å². The lowest BCUT2D eigenvalue weighted by molar-refractivity contribution is -0.149. The van der Waals surface area contributed by atoms with E-state index in [-0.39, 0.29) is 6.54 Å². The lowest BCUT2D eigenvalue weighted by Gasteiger charge is -2.30. The zero-order valence-corrected chi connectivity index (χ0v) is 11.2. The fourth-order valence-electron chi connectivity index (χ4n) is 1.03. The maximum Gasteiger partial charge on any atom is 0.323 e. The molecular weight excluding hydrogens is 238 g/mol. The summed E-state index contributed by atoms with van der Waals surface area (Å²) in [6.07, 6.45) is 0.771. The highest BCUT2D eigenvalue weighted by Gasteiger charge is 2.33. The first-order valence-electron chi connectivity index (χ1n) is 5.74. The van der Waals surface area contributed by atoms with Crippen molar-refractivity contribution >= 4 is 17.9 Å². The molecule has 104 valence electrons. The molecule has 0 aromatic carbocycles. The molecule has 0 fully saturated rings. The minimum atomic E-state index is -1.17. The first-order chi connectivity index (χ1) is 8.21. The number of likely N-dealkylation sites (N-methyl/N-ethyl adjacent to an activating group) is 1. The second-order valence-electron chi connectivity index (χ2n) is 4.52. The number of imide groups is 1. The van der Waals surface area contributed by atoms with Gasteiger partial charge < -0.3 is 10.4 Å². The molecule has 0 aromatic rings. The normalized spacial score (nSPS) is 11.2. The van der Waals surface area contributed by atoms with Gasteiger partial charge in [-0.1, -0.05) is 6.92 Å². The van der Waals surface area contributed by atoms with Crippen LogP contribution < -0.4 is 10.6 Å². The van der Waals surface area contributed by atoms with Gasteiger partial charge in [0.15, 0.2) is 0 Å². The fraction of sp³-hybridized carbons (Fsp3) is 0.727. The summed E-state index contributed by atoms with van der Waals surface area (Å²) in [5.74, 6) is -1.58. The van der Waals surface area contributed by atoms with E-state index in [1.54, 1.807) is 0 Å². The number of hydrogen-bond donors (Lipinski definition) is 3. The maximum absolute atomic E-state index is 11.5. The quantitative estimate of drug-likeness (QED) is 0.624. The van der Waals surface area contributed by atoms with Crippen LogP contribution in [0.1, 0.15) is 27.2 Å². The minimum absolute atomic E-state index is 0.168. The van der Waals surface area contributed by atoms with Crippen LogP contribution in [0.25, 0.3) is 0 Å². The molecule has 0 spiro atoms. The molecule has 3 amide bonds. The van der Waals surface area contributed by atoms with Crippen molar-refractivity contribution in [3.05, 3.63) is 0 Å². The second kappa shape index (κ2) is 6.95. The van der Waals surface area contributed by atoms with Crippen molar-refractivity contribution in [2.45, 2.75) is 32.7 Å². The Hall–Kier alpha value is -1.63. The van der Waals surface area contributed by atoms with Crippen LogP contribution in [0.4, 0.5) is 4.79 Å². The maximum atomic E-state index is 11.5. The SMILES string of the molecule is CCCNC(=O)NC(=O)CN(C)C(C)(C)C(=O)O. The van der Waals surface area contributed by atoms with Gasteiger partial charge in [-0.25, -0.2) is 4.79 Å². The molecule has 7 heteroatoms. The summed E-state index contributed by atoms with van der Waals surface area (Å²) >= 11 is 0. The molecule has 0 aliphatic carbocycles. The molecule has 0 heterocycles. The van der Waals surface area contributed by atoms with E-state index in [0.717, 1.165) is 6.42 Å². The first kappa shape index (κ1) is 16.4. The number of rotatable bonds is 6. The van der Waals surface area contributed by atoms with Gasteiger partial charge in [0, 0.05) is 6.54 Å². The Labute approximate surface area is 107 Å². The van der Waals surface area contributed by atoms with Crippen molar-refractivity contribution in [3.63, 3.8) is 0 Å². The third-order valence-electron chi connectivity index (χ3n) is 2.65. The molecule has 0 radical (unpaired) electrons. The molecule has 0 aromatic heterocycles. The van der Waals surface area contributed by atoms with Gasteiger partial charge in [-0.3, -0.25) is 19.8 Å². The second-order valence-corrected chi connectivity index (χ2v) is 4.52. The molecule has 0 atom stereocenters. The number of amides is 3. The molecule has 0 unspecified atom stereocenters. The Morgan fingerprint density at radius 1 is 1.28 bits per heavy atom. The van der Waals surface area contributed by atoms with Crippen LogP contribution in [-0.2, 0) is 9.59 Å². The van der Waals surface area contributed by atoms with Gasteiger partial charge in [0.05, 0.1) is 6.54 Å². The van der Waals surface area contributed by atoms with E-state index in [1.165, 1.54) is 25.8 Å². The van der Waals surface area contributed by atoms with Crippen LogP contribution in [0, 0.1) is 0 Å². The number of carboxylic acid groups (broad SMARTS) is 1. The predicted octanol–water partition coefficient (Wildman–Crippen LogP) is 0.0172. The van der Waals surface area contributed by atoms with Crippen molar-refractivity contribution in [2.24, 2.45) is 0 Å². The summed E-state index contributed by atoms with van der Waals surface area (Å²) in [6.45, 7) is 5.18. The van der Waals surface area contributed by atoms with E-state index in [1.807, 2.05) is 6.92 Å². The number of aliphatic carboxylic acids is 1. The number of nitrogens with one attached hydrogen (secondary N) is 2. The first-order valence-corrected chi connectivity index (χ1v) is 5.74. The van der Waals surface area contributed by atoms with Gasteiger partial charge >= 0.3 is 12.0 Å². The van der Waals surface area contributed by atoms with Crippen LogP contribution in [0.2, 0.25) is 0 Å². The summed E-state index contributed by atoms with van der Waals surface area (Å²) in [5.41, 5.74) is -1.17. The van der Waals surface area contributed by atoms with E-state index in [4.69, 9.17) is 5.11 Å². The van der Waals surface area contributed by atoms with E-state index < -0.39 is 23.4 Å². The predicted molar refractivity (Wildman–Crippen MR) is 66.2 cm³/mol. The molecule has 0 aliphatic heterocycles. The number of urea groups is 1. The lowest BCUT2D eigenvalue weighted by atomic mass is 10.0. The Kier molecular flexibility index (Phi) is 6.32. The van der Waals surface area contributed by atoms with Crippen molar-refractivity contribution in [3.8, 4) is 0 Å². The molecule has 0 aliphatic rings. The molecule has 0 saturated carbocycles. The molecule has 3 N–H and O–H groups in total. The standard InChI is InChI=1S/C11H21N3O4/c1-5-6-12-10(18)13-8(15)7-14(4)11(2,3)9(16)17/h5-7H2,1-4H3,(H,16,17)(H2,12,13,15,18). The highest BCUT2D eigenvalue weighted by molar-refractivity contribution is 5.95. The largest absolute Gasteiger partial charge is 0.480 e. The Morgan fingerprint density at radius 2 is 1.83 bits per heavy atom. The summed E-state index contributed by atoms with van der Waals surface area (Å²) < 4.78 is 0. The molecule has 0 rings (SSSR count). The number of nitrogens with zero attached hydrogens (tertiary/aromatic N) is 1. The average molecular weight is 259 g/mol. The highest BCUT2D eigenvalue weighted by Crippen LogP contribution is 2.11. The summed E-state index contributed by atoms with van der Waals surface area (Å²) in [4.78, 5) is 35.0. The van der Waals surface area contributed by atoms with Crippen molar-refractivity contribution in [2.75, 3.05) is 20.1 Å². The fourth-order valence-corrected chi connectivity index (χ4v) is 1.03. The van der Waals surface area contributed by atoms with Gasteiger partial charge in [0.25, 0.3) is 0 Å². The van der Waals surface area contributed by atoms with Gasteiger partial charge in [-0.05, 0) is 27.3 Å². The smallest absolute Gasteiger partial charge is 0.323 e. The van der Waals surface area contributed by atoms with E-state index in [2.05, 4.69) is 10.6 Å². The van der Waals surface area contributed by atoms with E-state index >= 15 is 0 Å². The Balaban J connectivity index is 4.24. The van der Waals surface area contributed by atoms with Crippen LogP contribution in [0.15, 0.2) is 0 Å². The number of carbonyl (C=O) groups is 3. The lowest BCUT2D eigenvalue weighted by Crippen LogP contribution is -2.52. The van der Waals surface area contributed by atoms with Crippen LogP contribution in [-0.4, -0.2) is 53.6 Å². The van der Waals surface area contributed by atoms with Gasteiger partial charge in [0.1, 0.15) is 5.54 Å². The van der Waals surface area contributed by atoms with Crippen LogP contribution in [0.3, 0.4) is 0 Å². The number of carboxylic acids is 1. The third kappa shape index (κ3) is 5.13. The van der Waals surface area contributed by atoms with E-state index in [0.29, 0.717) is 6.54 Å². The number of carbonyl (C=O) groups excluding carboxylic acids is 2. The van der Waals surface area contributed by atoms with Gasteiger partial charge in [-0.2, -0.15) is 0 Å².